The lowest BCUT2D eigenvalue weighted by Crippen LogP contribution is -2.37. The number of halogens is 1. The number of carbonyl (C=O) groups is 1. The van der Waals surface area contributed by atoms with Crippen LogP contribution in [0.4, 0.5) is 4.39 Å². The normalized spacial score (nSPS) is 12.1. The quantitative estimate of drug-likeness (QED) is 0.716. The second-order valence-electron chi connectivity index (χ2n) is 5.36. The van der Waals surface area contributed by atoms with Gasteiger partial charge in [0.25, 0.3) is 0 Å². The molecule has 0 saturated heterocycles. The average molecular weight is 335 g/mol. The van der Waals surface area contributed by atoms with E-state index in [0.29, 0.717) is 6.42 Å². The van der Waals surface area contributed by atoms with E-state index in [4.69, 9.17) is 0 Å². The molecule has 0 unspecified atom stereocenters. The van der Waals surface area contributed by atoms with Gasteiger partial charge in [-0.15, -0.1) is 0 Å². The third-order valence-electron chi connectivity index (χ3n) is 3.50. The van der Waals surface area contributed by atoms with Crippen LogP contribution in [0.25, 0.3) is 0 Å². The first-order valence-corrected chi connectivity index (χ1v) is 8.90. The Hall–Kier alpha value is -1.82. The lowest BCUT2D eigenvalue weighted by molar-refractivity contribution is -0.121. The highest BCUT2D eigenvalue weighted by atomic mass is 32.2. The molecule has 4 nitrogen and oxygen atoms in total. The number of imidazole rings is 1. The molecule has 1 aromatic carbocycles. The fourth-order valence-electron chi connectivity index (χ4n) is 2.16. The van der Waals surface area contributed by atoms with E-state index in [1.54, 1.807) is 36.4 Å². The predicted molar refractivity (Wildman–Crippen MR) is 91.6 cm³/mol. The van der Waals surface area contributed by atoms with Crippen LogP contribution >= 0.6 is 11.8 Å². The molecule has 1 N–H and O–H groups in total. The topological polar surface area (TPSA) is 46.9 Å². The number of benzene rings is 1. The summed E-state index contributed by atoms with van der Waals surface area (Å²) >= 11 is 1.68. The summed E-state index contributed by atoms with van der Waals surface area (Å²) < 4.78 is 14.8. The van der Waals surface area contributed by atoms with Crippen molar-refractivity contribution in [3.8, 4) is 0 Å². The number of thioether (sulfide) groups is 1. The van der Waals surface area contributed by atoms with Crippen molar-refractivity contribution in [3.05, 3.63) is 54.4 Å². The zero-order valence-corrected chi connectivity index (χ0v) is 14.1. The maximum Gasteiger partial charge on any atom is 0.221 e. The summed E-state index contributed by atoms with van der Waals surface area (Å²) in [6.07, 6.45) is 6.76. The van der Waals surface area contributed by atoms with E-state index in [1.165, 1.54) is 12.1 Å². The van der Waals surface area contributed by atoms with Crippen molar-refractivity contribution in [2.75, 3.05) is 5.75 Å². The van der Waals surface area contributed by atoms with Crippen LogP contribution in [0.15, 0.2) is 43.0 Å². The number of amides is 1. The van der Waals surface area contributed by atoms with E-state index in [0.717, 1.165) is 30.0 Å². The Balaban J connectivity index is 1.64. The van der Waals surface area contributed by atoms with Gasteiger partial charge in [-0.25, -0.2) is 9.37 Å². The van der Waals surface area contributed by atoms with Crippen molar-refractivity contribution in [2.24, 2.45) is 0 Å². The fourth-order valence-corrected chi connectivity index (χ4v) is 3.06. The van der Waals surface area contributed by atoms with Crippen LogP contribution in [-0.2, 0) is 17.1 Å². The maximum atomic E-state index is 12.8. The molecule has 2 aromatic rings. The Bertz CT molecular complexity index is 586. The Kier molecular flexibility index (Phi) is 7.13. The minimum Gasteiger partial charge on any atom is -0.352 e. The van der Waals surface area contributed by atoms with Gasteiger partial charge in [-0.3, -0.25) is 4.79 Å². The monoisotopic (exact) mass is 335 g/mol. The highest BCUT2D eigenvalue weighted by Gasteiger charge is 2.10. The molecule has 6 heteroatoms. The van der Waals surface area contributed by atoms with Gasteiger partial charge in [-0.05, 0) is 24.1 Å². The minimum absolute atomic E-state index is 0.0728. The van der Waals surface area contributed by atoms with Crippen LogP contribution in [-0.4, -0.2) is 27.3 Å². The number of hydrogen-bond acceptors (Lipinski definition) is 3. The molecule has 2 rings (SSSR count). The predicted octanol–water partition coefficient (Wildman–Crippen LogP) is 3.24. The van der Waals surface area contributed by atoms with Crippen molar-refractivity contribution in [1.29, 1.82) is 0 Å². The smallest absolute Gasteiger partial charge is 0.221 e. The van der Waals surface area contributed by atoms with Crippen molar-refractivity contribution in [2.45, 2.75) is 38.1 Å². The van der Waals surface area contributed by atoms with Crippen LogP contribution in [0.3, 0.4) is 0 Å². The summed E-state index contributed by atoms with van der Waals surface area (Å²) in [7, 11) is 0. The van der Waals surface area contributed by atoms with Gasteiger partial charge >= 0.3 is 0 Å². The third kappa shape index (κ3) is 6.44. The standard InChI is InChI=1S/C17H22FN3OS/c1-2-16(11-21-9-8-19-13-21)20-17(22)7-10-23-12-14-3-5-15(18)6-4-14/h3-6,8-9,13,16H,2,7,10-12H2,1H3,(H,20,22)/t16-/m0/s1. The molecule has 0 saturated carbocycles. The van der Waals surface area contributed by atoms with Crippen molar-refractivity contribution in [1.82, 2.24) is 14.9 Å². The summed E-state index contributed by atoms with van der Waals surface area (Å²) in [5.41, 5.74) is 1.07. The largest absolute Gasteiger partial charge is 0.352 e. The molecule has 0 spiro atoms. The number of aromatic nitrogens is 2. The van der Waals surface area contributed by atoms with Gasteiger partial charge in [0.15, 0.2) is 0 Å². The van der Waals surface area contributed by atoms with E-state index in [1.807, 2.05) is 10.8 Å². The molecule has 23 heavy (non-hydrogen) atoms. The number of hydrogen-bond donors (Lipinski definition) is 1. The molecular weight excluding hydrogens is 313 g/mol. The van der Waals surface area contributed by atoms with Crippen molar-refractivity contribution < 1.29 is 9.18 Å². The molecule has 0 aliphatic carbocycles. The minimum atomic E-state index is -0.221. The van der Waals surface area contributed by atoms with Crippen LogP contribution in [0.5, 0.6) is 0 Å². The van der Waals surface area contributed by atoms with Crippen LogP contribution < -0.4 is 5.32 Å². The Labute approximate surface area is 140 Å². The van der Waals surface area contributed by atoms with Crippen LogP contribution in [0.1, 0.15) is 25.3 Å². The second-order valence-corrected chi connectivity index (χ2v) is 6.47. The summed E-state index contributed by atoms with van der Waals surface area (Å²) in [6.45, 7) is 2.80. The first kappa shape index (κ1) is 17.5. The lowest BCUT2D eigenvalue weighted by atomic mass is 10.2. The number of nitrogens with zero attached hydrogens (tertiary/aromatic N) is 2. The molecule has 1 atom stereocenters. The molecule has 0 aliphatic rings. The molecule has 1 heterocycles. The van der Waals surface area contributed by atoms with Crippen LogP contribution in [0, 0.1) is 5.82 Å². The molecular formula is C17H22FN3OS. The summed E-state index contributed by atoms with van der Waals surface area (Å²) in [4.78, 5) is 16.0. The number of nitrogens with one attached hydrogen (secondary N) is 1. The van der Waals surface area contributed by atoms with E-state index >= 15 is 0 Å². The molecule has 1 amide bonds. The maximum absolute atomic E-state index is 12.8. The fraction of sp³-hybridized carbons (Fsp3) is 0.412. The van der Waals surface area contributed by atoms with Gasteiger partial charge in [0.05, 0.1) is 6.33 Å². The highest BCUT2D eigenvalue weighted by Crippen LogP contribution is 2.13. The second kappa shape index (κ2) is 9.35. The highest BCUT2D eigenvalue weighted by molar-refractivity contribution is 7.98. The lowest BCUT2D eigenvalue weighted by Gasteiger charge is -2.17. The van der Waals surface area contributed by atoms with Crippen LogP contribution in [0.2, 0.25) is 0 Å². The SMILES string of the molecule is CC[C@@H](Cn1ccnc1)NC(=O)CCSCc1ccc(F)cc1. The van der Waals surface area contributed by atoms with Gasteiger partial charge < -0.3 is 9.88 Å². The van der Waals surface area contributed by atoms with E-state index in [9.17, 15) is 9.18 Å². The first-order chi connectivity index (χ1) is 11.2. The first-order valence-electron chi connectivity index (χ1n) is 7.74. The van der Waals surface area contributed by atoms with E-state index < -0.39 is 0 Å². The molecule has 0 fully saturated rings. The zero-order chi connectivity index (χ0) is 16.5. The molecule has 0 radical (unpaired) electrons. The molecule has 124 valence electrons. The Morgan fingerprint density at radius 1 is 1.39 bits per heavy atom. The third-order valence-corrected chi connectivity index (χ3v) is 4.53. The molecule has 1 aromatic heterocycles. The van der Waals surface area contributed by atoms with Gasteiger partial charge in [-0.1, -0.05) is 19.1 Å². The van der Waals surface area contributed by atoms with Gasteiger partial charge in [0.2, 0.25) is 5.91 Å². The van der Waals surface area contributed by atoms with E-state index in [-0.39, 0.29) is 17.8 Å². The van der Waals surface area contributed by atoms with Gasteiger partial charge in [0.1, 0.15) is 5.82 Å². The Morgan fingerprint density at radius 2 is 2.17 bits per heavy atom. The number of rotatable bonds is 9. The van der Waals surface area contributed by atoms with Gasteiger partial charge in [0, 0.05) is 42.9 Å². The Morgan fingerprint density at radius 3 is 2.83 bits per heavy atom. The summed E-state index contributed by atoms with van der Waals surface area (Å²) in [6, 6.07) is 6.61. The van der Waals surface area contributed by atoms with E-state index in [2.05, 4.69) is 17.2 Å². The van der Waals surface area contributed by atoms with Gasteiger partial charge in [-0.2, -0.15) is 11.8 Å². The zero-order valence-electron chi connectivity index (χ0n) is 13.2. The summed E-state index contributed by atoms with van der Waals surface area (Å²) in [5.74, 6) is 1.40. The number of carbonyl (C=O) groups excluding carboxylic acids is 1. The van der Waals surface area contributed by atoms with Crippen molar-refractivity contribution in [3.63, 3.8) is 0 Å². The average Bonchev–Trinajstić information content (AvgIpc) is 3.05. The summed E-state index contributed by atoms with van der Waals surface area (Å²) in [5, 5.41) is 3.06. The molecule has 0 bridgehead atoms. The van der Waals surface area contributed by atoms with Crippen molar-refractivity contribution >= 4 is 17.7 Å². The molecule has 0 aliphatic heterocycles.